The van der Waals surface area contributed by atoms with Crippen LogP contribution in [0.4, 0.5) is 13.2 Å². The van der Waals surface area contributed by atoms with Crippen LogP contribution in [-0.4, -0.2) is 61.2 Å². The average Bonchev–Trinajstić information content (AvgIpc) is 3.22. The first kappa shape index (κ1) is 23.8. The van der Waals surface area contributed by atoms with Crippen LogP contribution in [0.1, 0.15) is 48.1 Å². The summed E-state index contributed by atoms with van der Waals surface area (Å²) >= 11 is 0. The molecule has 1 aliphatic heterocycles. The predicted octanol–water partition coefficient (Wildman–Crippen LogP) is 3.86. The molecule has 1 amide bonds. The van der Waals surface area contributed by atoms with E-state index in [0.717, 1.165) is 18.2 Å². The van der Waals surface area contributed by atoms with Crippen LogP contribution < -0.4 is 11.1 Å². The van der Waals surface area contributed by atoms with Crippen LogP contribution in [0.5, 0.6) is 0 Å². The smallest absolute Gasteiger partial charge is 0.347 e. The number of halogens is 3. The fourth-order valence-electron chi connectivity index (χ4n) is 4.94. The Morgan fingerprint density at radius 3 is 2.65 bits per heavy atom. The number of nitrogens with zero attached hydrogens (tertiary/aromatic N) is 5. The third-order valence-electron chi connectivity index (χ3n) is 7.27. The minimum atomic E-state index is -4.47. The average molecular weight is 510 g/mol. The van der Waals surface area contributed by atoms with Crippen molar-refractivity contribution >= 4 is 22.5 Å². The summed E-state index contributed by atoms with van der Waals surface area (Å²) < 4.78 is 44.0. The standard InChI is InChI=1S/C26H26F3N7O/c1-25(9-10-25)32-24(37)16-3-2-15-4-6-19(31-20(15)12-16)23-34-33-21-7-5-17(13-36(21)23)22(26(27,28)29)35-11-8-18(30)14-35/h2-7,12-13,18,22H,8-11,14,30H2,1H3,(H,32,37)/t18-,22-/m1/s1. The summed E-state index contributed by atoms with van der Waals surface area (Å²) in [6, 6.07) is 9.80. The van der Waals surface area contributed by atoms with Gasteiger partial charge in [-0.3, -0.25) is 14.1 Å². The first-order chi connectivity index (χ1) is 17.6. The molecule has 8 nitrogen and oxygen atoms in total. The molecule has 3 N–H and O–H groups in total. The van der Waals surface area contributed by atoms with Crippen LogP contribution in [0, 0.1) is 0 Å². The van der Waals surface area contributed by atoms with Gasteiger partial charge in [-0.2, -0.15) is 13.2 Å². The number of fused-ring (bicyclic) bond motifs is 2. The van der Waals surface area contributed by atoms with Crippen molar-refractivity contribution in [1.29, 1.82) is 0 Å². The van der Waals surface area contributed by atoms with Gasteiger partial charge in [0.25, 0.3) is 5.91 Å². The molecule has 0 unspecified atom stereocenters. The number of carbonyl (C=O) groups excluding carboxylic acids is 1. The number of hydrogen-bond acceptors (Lipinski definition) is 6. The number of alkyl halides is 3. The fraction of sp³-hybridized carbons (Fsp3) is 0.385. The number of aromatic nitrogens is 4. The van der Waals surface area contributed by atoms with Gasteiger partial charge in [0.15, 0.2) is 11.5 Å². The molecule has 37 heavy (non-hydrogen) atoms. The van der Waals surface area contributed by atoms with Crippen molar-refractivity contribution in [3.63, 3.8) is 0 Å². The third kappa shape index (κ3) is 4.53. The summed E-state index contributed by atoms with van der Waals surface area (Å²) in [6.07, 6.45) is -0.611. The number of nitrogens with one attached hydrogen (secondary N) is 1. The topological polar surface area (TPSA) is 101 Å². The van der Waals surface area contributed by atoms with Crippen LogP contribution in [0.2, 0.25) is 0 Å². The lowest BCUT2D eigenvalue weighted by atomic mass is 10.1. The normalized spacial score (nSPS) is 20.4. The van der Waals surface area contributed by atoms with Gasteiger partial charge in [-0.1, -0.05) is 18.2 Å². The molecule has 1 aromatic carbocycles. The quantitative estimate of drug-likeness (QED) is 0.424. The highest BCUT2D eigenvalue weighted by Crippen LogP contribution is 2.39. The molecule has 0 radical (unpaired) electrons. The van der Waals surface area contributed by atoms with Gasteiger partial charge in [0.1, 0.15) is 11.7 Å². The molecule has 4 aromatic rings. The van der Waals surface area contributed by atoms with E-state index in [0.29, 0.717) is 34.7 Å². The molecule has 0 bridgehead atoms. The second kappa shape index (κ2) is 8.49. The van der Waals surface area contributed by atoms with Gasteiger partial charge in [-0.15, -0.1) is 10.2 Å². The molecule has 2 fully saturated rings. The summed E-state index contributed by atoms with van der Waals surface area (Å²) in [5.74, 6) is 0.157. The number of pyridine rings is 2. The summed E-state index contributed by atoms with van der Waals surface area (Å²) in [7, 11) is 0. The maximum Gasteiger partial charge on any atom is 0.408 e. The van der Waals surface area contributed by atoms with Gasteiger partial charge >= 0.3 is 6.18 Å². The van der Waals surface area contributed by atoms with Crippen LogP contribution in [0.25, 0.3) is 28.1 Å². The summed E-state index contributed by atoms with van der Waals surface area (Å²) in [5.41, 5.74) is 7.77. The number of nitrogens with two attached hydrogens (primary N) is 1. The van der Waals surface area contributed by atoms with E-state index in [2.05, 4.69) is 20.5 Å². The Morgan fingerprint density at radius 1 is 1.16 bits per heavy atom. The largest absolute Gasteiger partial charge is 0.408 e. The highest BCUT2D eigenvalue weighted by atomic mass is 19.4. The number of benzene rings is 1. The first-order valence-electron chi connectivity index (χ1n) is 12.2. The van der Waals surface area contributed by atoms with Gasteiger partial charge in [0.2, 0.25) is 0 Å². The van der Waals surface area contributed by atoms with Crippen molar-refractivity contribution in [3.8, 4) is 11.5 Å². The van der Waals surface area contributed by atoms with Crippen molar-refractivity contribution in [1.82, 2.24) is 29.8 Å². The van der Waals surface area contributed by atoms with Gasteiger partial charge in [0, 0.05) is 41.8 Å². The fourth-order valence-corrected chi connectivity index (χ4v) is 4.94. The Morgan fingerprint density at radius 2 is 1.95 bits per heavy atom. The Labute approximate surface area is 210 Å². The molecule has 192 valence electrons. The van der Waals surface area contributed by atoms with Crippen LogP contribution in [0.15, 0.2) is 48.7 Å². The Bertz CT molecular complexity index is 1510. The van der Waals surface area contributed by atoms with Gasteiger partial charge < -0.3 is 11.1 Å². The van der Waals surface area contributed by atoms with Crippen molar-refractivity contribution < 1.29 is 18.0 Å². The monoisotopic (exact) mass is 509 g/mol. The molecule has 1 aliphatic carbocycles. The molecule has 1 saturated carbocycles. The summed E-state index contributed by atoms with van der Waals surface area (Å²) in [6.45, 7) is 2.46. The number of hydrogen-bond donors (Lipinski definition) is 2. The molecule has 1 saturated heterocycles. The zero-order valence-electron chi connectivity index (χ0n) is 20.2. The zero-order chi connectivity index (χ0) is 25.9. The van der Waals surface area contributed by atoms with Crippen LogP contribution >= 0.6 is 0 Å². The van der Waals surface area contributed by atoms with Gasteiger partial charge in [-0.05, 0) is 56.0 Å². The van der Waals surface area contributed by atoms with Crippen molar-refractivity contribution in [2.75, 3.05) is 13.1 Å². The lowest BCUT2D eigenvalue weighted by Crippen LogP contribution is -2.38. The van der Waals surface area contributed by atoms with E-state index in [1.54, 1.807) is 18.2 Å². The summed E-state index contributed by atoms with van der Waals surface area (Å²) in [4.78, 5) is 18.7. The van der Waals surface area contributed by atoms with E-state index >= 15 is 0 Å². The maximum atomic E-state index is 14.2. The first-order valence-corrected chi connectivity index (χ1v) is 12.2. The van der Waals surface area contributed by atoms with Crippen molar-refractivity contribution in [2.45, 2.75) is 50.0 Å². The van der Waals surface area contributed by atoms with E-state index in [-0.39, 0.29) is 36.1 Å². The van der Waals surface area contributed by atoms with Crippen LogP contribution in [-0.2, 0) is 0 Å². The minimum Gasteiger partial charge on any atom is -0.347 e. The lowest BCUT2D eigenvalue weighted by Gasteiger charge is -2.30. The zero-order valence-corrected chi connectivity index (χ0v) is 20.2. The molecule has 3 aromatic heterocycles. The number of likely N-dealkylation sites (tertiary alicyclic amines) is 1. The molecular formula is C26H26F3N7O. The highest BCUT2D eigenvalue weighted by molar-refractivity contribution is 5.98. The van der Waals surface area contributed by atoms with Crippen molar-refractivity contribution in [2.24, 2.45) is 5.73 Å². The maximum absolute atomic E-state index is 14.2. The Kier molecular flexibility index (Phi) is 5.46. The SMILES string of the molecule is CC1(NC(=O)c2ccc3ccc(-c4nnc5ccc([C@@H](N6CC[C@@H](N)C6)C(F)(F)F)cn45)nc3c2)CC1. The van der Waals surface area contributed by atoms with Crippen molar-refractivity contribution in [3.05, 3.63) is 59.8 Å². The van der Waals surface area contributed by atoms with Crippen LogP contribution in [0.3, 0.4) is 0 Å². The predicted molar refractivity (Wildman–Crippen MR) is 132 cm³/mol. The number of rotatable bonds is 5. The van der Waals surface area contributed by atoms with E-state index in [4.69, 9.17) is 5.73 Å². The summed E-state index contributed by atoms with van der Waals surface area (Å²) in [5, 5.41) is 12.2. The van der Waals surface area contributed by atoms with Gasteiger partial charge in [-0.25, -0.2) is 4.98 Å². The molecule has 0 spiro atoms. The molecule has 2 aliphatic rings. The third-order valence-corrected chi connectivity index (χ3v) is 7.27. The van der Waals surface area contributed by atoms with E-state index in [9.17, 15) is 18.0 Å². The lowest BCUT2D eigenvalue weighted by molar-refractivity contribution is -0.183. The minimum absolute atomic E-state index is 0.0865. The Balaban J connectivity index is 1.38. The molecule has 11 heteroatoms. The van der Waals surface area contributed by atoms with E-state index in [1.165, 1.54) is 27.6 Å². The van der Waals surface area contributed by atoms with E-state index < -0.39 is 12.2 Å². The highest BCUT2D eigenvalue weighted by Gasteiger charge is 2.46. The molecular weight excluding hydrogens is 483 g/mol. The number of amides is 1. The second-order valence-corrected chi connectivity index (χ2v) is 10.3. The Hall–Kier alpha value is -3.57. The molecule has 2 atom stereocenters. The second-order valence-electron chi connectivity index (χ2n) is 10.3. The number of carbonyl (C=O) groups is 1. The molecule has 6 rings (SSSR count). The van der Waals surface area contributed by atoms with Gasteiger partial charge in [0.05, 0.1) is 5.52 Å². The molecule has 4 heterocycles. The van der Waals surface area contributed by atoms with E-state index in [1.807, 2.05) is 19.1 Å².